The lowest BCUT2D eigenvalue weighted by Crippen LogP contribution is -2.30. The molecule has 0 unspecified atom stereocenters. The van der Waals surface area contributed by atoms with Crippen LogP contribution in [0.25, 0.3) is 0 Å². The number of rotatable bonds is 4. The molecule has 6 heteroatoms. The standard InChI is InChI=1S/C15H17NO5/c1-8-5-11(8)15(18)21-9(2)14(17)16-10-3-4-12-13(6-10)20-7-19-12/h3-4,6,8-9,11H,5,7H2,1-2H3,(H,16,17)/t8-,9-,11+/m0/s1. The number of ether oxygens (including phenoxy) is 3. The van der Waals surface area contributed by atoms with Crippen molar-refractivity contribution < 1.29 is 23.8 Å². The van der Waals surface area contributed by atoms with Crippen molar-refractivity contribution in [1.29, 1.82) is 0 Å². The van der Waals surface area contributed by atoms with Gasteiger partial charge in [-0.15, -0.1) is 0 Å². The molecule has 0 spiro atoms. The highest BCUT2D eigenvalue weighted by molar-refractivity contribution is 5.95. The number of benzene rings is 1. The van der Waals surface area contributed by atoms with Crippen LogP contribution in [0, 0.1) is 11.8 Å². The van der Waals surface area contributed by atoms with Crippen LogP contribution in [0.5, 0.6) is 11.5 Å². The number of hydrogen-bond acceptors (Lipinski definition) is 5. The molecule has 2 aliphatic rings. The van der Waals surface area contributed by atoms with Gasteiger partial charge in [0.2, 0.25) is 6.79 Å². The van der Waals surface area contributed by atoms with Gasteiger partial charge in [0.25, 0.3) is 5.91 Å². The predicted octanol–water partition coefficient (Wildman–Crippen LogP) is 1.94. The maximum absolute atomic E-state index is 12.0. The Bertz CT molecular complexity index is 585. The zero-order chi connectivity index (χ0) is 15.0. The van der Waals surface area contributed by atoms with Crippen molar-refractivity contribution in [2.45, 2.75) is 26.4 Å². The van der Waals surface area contributed by atoms with Gasteiger partial charge in [-0.3, -0.25) is 9.59 Å². The lowest BCUT2D eigenvalue weighted by molar-refractivity contribution is -0.154. The fraction of sp³-hybridized carbons (Fsp3) is 0.467. The second-order valence-corrected chi connectivity index (χ2v) is 5.46. The summed E-state index contributed by atoms with van der Waals surface area (Å²) in [6.45, 7) is 3.73. The zero-order valence-corrected chi connectivity index (χ0v) is 11.9. The Morgan fingerprint density at radius 1 is 1.33 bits per heavy atom. The van der Waals surface area contributed by atoms with E-state index < -0.39 is 6.10 Å². The van der Waals surface area contributed by atoms with Crippen LogP contribution < -0.4 is 14.8 Å². The van der Waals surface area contributed by atoms with Crippen molar-refractivity contribution in [3.63, 3.8) is 0 Å². The molecule has 6 nitrogen and oxygen atoms in total. The quantitative estimate of drug-likeness (QED) is 0.858. The monoisotopic (exact) mass is 291 g/mol. The first-order valence-electron chi connectivity index (χ1n) is 6.95. The van der Waals surface area contributed by atoms with Crippen molar-refractivity contribution in [3.05, 3.63) is 18.2 Å². The average molecular weight is 291 g/mol. The molecule has 0 radical (unpaired) electrons. The third kappa shape index (κ3) is 2.94. The number of hydrogen-bond donors (Lipinski definition) is 1. The Morgan fingerprint density at radius 2 is 2.05 bits per heavy atom. The number of fused-ring (bicyclic) bond motifs is 1. The number of nitrogens with one attached hydrogen (secondary N) is 1. The van der Waals surface area contributed by atoms with Gasteiger partial charge in [-0.2, -0.15) is 0 Å². The van der Waals surface area contributed by atoms with Crippen LogP contribution in [-0.4, -0.2) is 24.8 Å². The van der Waals surface area contributed by atoms with Gasteiger partial charge in [-0.25, -0.2) is 0 Å². The molecule has 1 aromatic carbocycles. The summed E-state index contributed by atoms with van der Waals surface area (Å²) in [5, 5.41) is 2.70. The summed E-state index contributed by atoms with van der Waals surface area (Å²) in [6.07, 6.45) is 0.0192. The van der Waals surface area contributed by atoms with E-state index in [0.29, 0.717) is 23.1 Å². The summed E-state index contributed by atoms with van der Waals surface area (Å²) in [5.41, 5.74) is 0.576. The second kappa shape index (κ2) is 5.27. The smallest absolute Gasteiger partial charge is 0.309 e. The van der Waals surface area contributed by atoms with Crippen LogP contribution in [0.2, 0.25) is 0 Å². The summed E-state index contributed by atoms with van der Waals surface area (Å²) in [7, 11) is 0. The van der Waals surface area contributed by atoms with E-state index in [1.54, 1.807) is 25.1 Å². The molecule has 1 saturated carbocycles. The Labute approximate surface area is 122 Å². The molecular formula is C15H17NO5. The lowest BCUT2D eigenvalue weighted by atomic mass is 10.2. The molecule has 1 aliphatic heterocycles. The van der Waals surface area contributed by atoms with E-state index in [1.165, 1.54) is 0 Å². The highest BCUT2D eigenvalue weighted by Crippen LogP contribution is 2.39. The molecule has 21 heavy (non-hydrogen) atoms. The molecule has 1 fully saturated rings. The molecule has 3 rings (SSSR count). The molecule has 1 amide bonds. The van der Waals surface area contributed by atoms with Gasteiger partial charge >= 0.3 is 5.97 Å². The van der Waals surface area contributed by atoms with Gasteiger partial charge in [0, 0.05) is 11.8 Å². The number of carbonyl (C=O) groups excluding carboxylic acids is 2. The Balaban J connectivity index is 1.56. The maximum atomic E-state index is 12.0. The van der Waals surface area contributed by atoms with Crippen LogP contribution in [0.1, 0.15) is 20.3 Å². The van der Waals surface area contributed by atoms with Crippen molar-refractivity contribution >= 4 is 17.6 Å². The van der Waals surface area contributed by atoms with E-state index in [4.69, 9.17) is 14.2 Å². The minimum atomic E-state index is -0.823. The summed E-state index contributed by atoms with van der Waals surface area (Å²) >= 11 is 0. The van der Waals surface area contributed by atoms with E-state index in [2.05, 4.69) is 5.32 Å². The zero-order valence-electron chi connectivity index (χ0n) is 11.9. The highest BCUT2D eigenvalue weighted by Gasteiger charge is 2.41. The third-order valence-electron chi connectivity index (χ3n) is 3.71. The molecular weight excluding hydrogens is 274 g/mol. The minimum absolute atomic E-state index is 0.0502. The molecule has 1 aliphatic carbocycles. The van der Waals surface area contributed by atoms with Gasteiger partial charge in [0.15, 0.2) is 17.6 Å². The average Bonchev–Trinajstić information content (AvgIpc) is 3.00. The molecule has 3 atom stereocenters. The molecule has 1 heterocycles. The van der Waals surface area contributed by atoms with Gasteiger partial charge in [-0.05, 0) is 31.4 Å². The Morgan fingerprint density at radius 3 is 2.76 bits per heavy atom. The van der Waals surface area contributed by atoms with Crippen molar-refractivity contribution in [2.24, 2.45) is 11.8 Å². The predicted molar refractivity (Wildman–Crippen MR) is 74.0 cm³/mol. The third-order valence-corrected chi connectivity index (χ3v) is 3.71. The van der Waals surface area contributed by atoms with E-state index in [9.17, 15) is 9.59 Å². The number of esters is 1. The summed E-state index contributed by atoms with van der Waals surface area (Å²) in [4.78, 5) is 23.7. The van der Waals surface area contributed by atoms with E-state index >= 15 is 0 Å². The fourth-order valence-corrected chi connectivity index (χ4v) is 2.18. The highest BCUT2D eigenvalue weighted by atomic mass is 16.7. The summed E-state index contributed by atoms with van der Waals surface area (Å²) in [5.74, 6) is 0.887. The van der Waals surface area contributed by atoms with Gasteiger partial charge < -0.3 is 19.5 Å². The summed E-state index contributed by atoms with van der Waals surface area (Å²) in [6, 6.07) is 5.11. The van der Waals surface area contributed by atoms with Gasteiger partial charge in [0.05, 0.1) is 5.92 Å². The normalized spacial score (nSPS) is 23.3. The largest absolute Gasteiger partial charge is 0.454 e. The van der Waals surface area contributed by atoms with Crippen molar-refractivity contribution in [2.75, 3.05) is 12.1 Å². The van der Waals surface area contributed by atoms with Crippen LogP contribution in [-0.2, 0) is 14.3 Å². The van der Waals surface area contributed by atoms with Gasteiger partial charge in [-0.1, -0.05) is 6.92 Å². The number of carbonyl (C=O) groups is 2. The number of anilines is 1. The van der Waals surface area contributed by atoms with Crippen molar-refractivity contribution in [3.8, 4) is 11.5 Å². The topological polar surface area (TPSA) is 73.9 Å². The van der Waals surface area contributed by atoms with Crippen LogP contribution in [0.3, 0.4) is 0 Å². The molecule has 1 aromatic rings. The molecule has 112 valence electrons. The SMILES string of the molecule is C[C@H](OC(=O)[C@@H]1C[C@@H]1C)C(=O)Nc1ccc2c(c1)OCO2. The first-order chi connectivity index (χ1) is 10.0. The van der Waals surface area contributed by atoms with Crippen LogP contribution in [0.15, 0.2) is 18.2 Å². The van der Waals surface area contributed by atoms with Gasteiger partial charge in [0.1, 0.15) is 0 Å². The minimum Gasteiger partial charge on any atom is -0.454 e. The first-order valence-corrected chi connectivity index (χ1v) is 6.95. The Kier molecular flexibility index (Phi) is 3.45. The first kappa shape index (κ1) is 13.7. The lowest BCUT2D eigenvalue weighted by Gasteiger charge is -2.13. The summed E-state index contributed by atoms with van der Waals surface area (Å²) < 4.78 is 15.6. The van der Waals surface area contributed by atoms with E-state index in [0.717, 1.165) is 6.42 Å². The molecule has 0 aromatic heterocycles. The fourth-order valence-electron chi connectivity index (χ4n) is 2.18. The second-order valence-electron chi connectivity index (χ2n) is 5.46. The molecule has 0 saturated heterocycles. The van der Waals surface area contributed by atoms with Crippen molar-refractivity contribution in [1.82, 2.24) is 0 Å². The van der Waals surface area contributed by atoms with E-state index in [1.807, 2.05) is 6.92 Å². The number of amides is 1. The maximum Gasteiger partial charge on any atom is 0.309 e. The van der Waals surface area contributed by atoms with Crippen LogP contribution in [0.4, 0.5) is 5.69 Å². The molecule has 0 bridgehead atoms. The molecule has 1 N–H and O–H groups in total. The van der Waals surface area contributed by atoms with Crippen LogP contribution >= 0.6 is 0 Å². The van der Waals surface area contributed by atoms with E-state index in [-0.39, 0.29) is 24.6 Å². The Hall–Kier alpha value is -2.24.